The first-order chi connectivity index (χ1) is 11.9. The van der Waals surface area contributed by atoms with Gasteiger partial charge >= 0.3 is 0 Å². The third-order valence-corrected chi connectivity index (χ3v) is 4.22. The van der Waals surface area contributed by atoms with Crippen LogP contribution in [0.4, 0.5) is 4.39 Å². The fourth-order valence-electron chi connectivity index (χ4n) is 2.67. The maximum absolute atomic E-state index is 14.3. The van der Waals surface area contributed by atoms with Crippen molar-refractivity contribution in [3.05, 3.63) is 58.9 Å². The molecule has 1 aliphatic rings. The highest BCUT2D eigenvalue weighted by Crippen LogP contribution is 2.50. The maximum atomic E-state index is 14.3. The number of carbonyl (C=O) groups excluding carboxylic acids is 1. The topological polar surface area (TPSA) is 90.5 Å². The Kier molecular flexibility index (Phi) is 4.48. The van der Waals surface area contributed by atoms with Gasteiger partial charge in [-0.15, -0.1) is 0 Å². The first kappa shape index (κ1) is 17.0. The molecule has 0 radical (unpaired) electrons. The van der Waals surface area contributed by atoms with Crippen LogP contribution in [0, 0.1) is 12.7 Å². The van der Waals surface area contributed by atoms with Gasteiger partial charge in [0, 0.05) is 18.2 Å². The molecule has 2 N–H and O–H groups in total. The molecule has 1 aliphatic carbocycles. The monoisotopic (exact) mass is 342 g/mol. The number of ketones is 1. The molecule has 0 unspecified atom stereocenters. The quantitative estimate of drug-likeness (QED) is 0.511. The number of hydrogen-bond acceptors (Lipinski definition) is 5. The second-order valence-corrected chi connectivity index (χ2v) is 6.14. The van der Waals surface area contributed by atoms with Gasteiger partial charge in [0.05, 0.1) is 24.5 Å². The van der Waals surface area contributed by atoms with Gasteiger partial charge in [0.1, 0.15) is 11.5 Å². The Morgan fingerprint density at radius 1 is 1.36 bits per heavy atom. The van der Waals surface area contributed by atoms with Gasteiger partial charge in [0.25, 0.3) is 6.02 Å². The molecule has 0 aliphatic heterocycles. The average Bonchev–Trinajstić information content (AvgIpc) is 3.37. The first-order valence-corrected chi connectivity index (χ1v) is 7.93. The number of nitrogens with zero attached hydrogens (tertiary/aromatic N) is 3. The number of hydrogen-bond donors (Lipinski definition) is 1. The number of halogens is 1. The number of aliphatic imine (C=N–C) groups is 1. The largest absolute Gasteiger partial charge is 0.469 e. The molecule has 0 bridgehead atoms. The number of rotatable bonds is 5. The Morgan fingerprint density at radius 2 is 2.12 bits per heavy atom. The summed E-state index contributed by atoms with van der Waals surface area (Å²) in [5, 5.41) is 0. The number of benzene rings is 1. The lowest BCUT2D eigenvalue weighted by atomic mass is 9.98. The van der Waals surface area contributed by atoms with Gasteiger partial charge in [-0.2, -0.15) is 0 Å². The van der Waals surface area contributed by atoms with E-state index in [9.17, 15) is 9.18 Å². The molecule has 1 heterocycles. The van der Waals surface area contributed by atoms with Crippen molar-refractivity contribution in [2.24, 2.45) is 10.7 Å². The lowest BCUT2D eigenvalue weighted by Crippen LogP contribution is -2.19. The predicted octanol–water partition coefficient (Wildman–Crippen LogP) is 2.30. The molecule has 1 aromatic carbocycles. The van der Waals surface area contributed by atoms with Crippen LogP contribution in [-0.4, -0.2) is 28.9 Å². The smallest absolute Gasteiger partial charge is 0.282 e. The number of Topliss-reactive ketones (excluding diaryl/α,β-unsaturated/α-hetero) is 1. The van der Waals surface area contributed by atoms with E-state index in [1.54, 1.807) is 25.3 Å². The first-order valence-electron chi connectivity index (χ1n) is 7.93. The molecule has 3 rings (SSSR count). The number of aromatic nitrogens is 2. The van der Waals surface area contributed by atoms with E-state index in [1.807, 2.05) is 0 Å². The molecule has 1 aromatic heterocycles. The fraction of sp³-hybridized carbons (Fsp3) is 0.333. The van der Waals surface area contributed by atoms with Crippen molar-refractivity contribution in [3.63, 3.8) is 0 Å². The second-order valence-electron chi connectivity index (χ2n) is 6.14. The van der Waals surface area contributed by atoms with Crippen molar-refractivity contribution < 1.29 is 13.9 Å². The number of aryl methyl sites for hydroxylation is 1. The molecule has 0 amide bonds. The predicted molar refractivity (Wildman–Crippen MR) is 90.7 cm³/mol. The van der Waals surface area contributed by atoms with Crippen LogP contribution < -0.4 is 5.73 Å². The minimum Gasteiger partial charge on any atom is -0.469 e. The summed E-state index contributed by atoms with van der Waals surface area (Å²) in [4.78, 5) is 24.8. The molecule has 1 saturated carbocycles. The molecular formula is C18H19FN4O2. The zero-order valence-corrected chi connectivity index (χ0v) is 14.1. The molecule has 2 aromatic rings. The lowest BCUT2D eigenvalue weighted by Gasteiger charge is -2.14. The summed E-state index contributed by atoms with van der Waals surface area (Å²) >= 11 is 0. The number of nitrogens with two attached hydrogens (primary N) is 1. The van der Waals surface area contributed by atoms with Crippen LogP contribution in [0.15, 0.2) is 35.6 Å². The van der Waals surface area contributed by atoms with Crippen LogP contribution >= 0.6 is 0 Å². The van der Waals surface area contributed by atoms with Crippen molar-refractivity contribution in [1.82, 2.24) is 9.97 Å². The van der Waals surface area contributed by atoms with Gasteiger partial charge < -0.3 is 10.5 Å². The van der Waals surface area contributed by atoms with E-state index in [0.717, 1.165) is 5.69 Å². The summed E-state index contributed by atoms with van der Waals surface area (Å²) < 4.78 is 19.2. The van der Waals surface area contributed by atoms with Crippen molar-refractivity contribution in [2.45, 2.75) is 31.7 Å². The SMILES string of the molecule is COC(N)=NC1(c2cc(CC(=O)c3cnc(C)cn3)ccc2F)CC1. The minimum absolute atomic E-state index is 0.0216. The van der Waals surface area contributed by atoms with Crippen molar-refractivity contribution in [2.75, 3.05) is 7.11 Å². The Bertz CT molecular complexity index is 829. The zero-order chi connectivity index (χ0) is 18.0. The summed E-state index contributed by atoms with van der Waals surface area (Å²) in [5.74, 6) is -0.536. The van der Waals surface area contributed by atoms with Crippen LogP contribution in [0.1, 0.15) is 40.2 Å². The summed E-state index contributed by atoms with van der Waals surface area (Å²) in [6.07, 6.45) is 4.49. The van der Waals surface area contributed by atoms with E-state index in [2.05, 4.69) is 15.0 Å². The highest BCUT2D eigenvalue weighted by atomic mass is 19.1. The molecular weight excluding hydrogens is 323 g/mol. The summed E-state index contributed by atoms with van der Waals surface area (Å²) in [7, 11) is 1.42. The lowest BCUT2D eigenvalue weighted by molar-refractivity contribution is 0.0987. The average molecular weight is 342 g/mol. The van der Waals surface area contributed by atoms with E-state index in [0.29, 0.717) is 29.7 Å². The summed E-state index contributed by atoms with van der Waals surface area (Å²) in [6, 6.07) is 4.65. The second kappa shape index (κ2) is 6.58. The van der Waals surface area contributed by atoms with Gasteiger partial charge in [-0.05, 0) is 37.5 Å². The van der Waals surface area contributed by atoms with Crippen molar-refractivity contribution in [1.29, 1.82) is 0 Å². The van der Waals surface area contributed by atoms with Crippen molar-refractivity contribution >= 4 is 11.8 Å². The number of carbonyl (C=O) groups is 1. The number of methoxy groups -OCH3 is 1. The van der Waals surface area contributed by atoms with Crippen molar-refractivity contribution in [3.8, 4) is 0 Å². The third kappa shape index (κ3) is 3.65. The van der Waals surface area contributed by atoms with Gasteiger partial charge in [-0.25, -0.2) is 14.4 Å². The molecule has 25 heavy (non-hydrogen) atoms. The van der Waals surface area contributed by atoms with Gasteiger partial charge in [0.15, 0.2) is 5.78 Å². The van der Waals surface area contributed by atoms with Gasteiger partial charge in [0.2, 0.25) is 0 Å². The Labute approximate surface area is 145 Å². The van der Waals surface area contributed by atoms with Crippen LogP contribution in [0.3, 0.4) is 0 Å². The Hall–Kier alpha value is -2.83. The highest BCUT2D eigenvalue weighted by molar-refractivity contribution is 5.95. The standard InChI is InChI=1S/C18H19FN4O2/c1-11-9-22-15(10-21-11)16(24)8-12-3-4-14(19)13(7-12)18(5-6-18)23-17(20)25-2/h3-4,7,9-10H,5-6,8H2,1-2H3,(H2,20,23). The van der Waals surface area contributed by atoms with E-state index in [-0.39, 0.29) is 24.0 Å². The minimum atomic E-state index is -0.688. The zero-order valence-electron chi connectivity index (χ0n) is 14.1. The van der Waals surface area contributed by atoms with E-state index in [4.69, 9.17) is 10.5 Å². The van der Waals surface area contributed by atoms with Crippen LogP contribution in [0.2, 0.25) is 0 Å². The van der Waals surface area contributed by atoms with E-state index in [1.165, 1.54) is 19.4 Å². The molecule has 0 atom stereocenters. The molecule has 0 saturated heterocycles. The van der Waals surface area contributed by atoms with Gasteiger partial charge in [-0.3, -0.25) is 9.78 Å². The molecule has 7 heteroatoms. The Balaban J connectivity index is 1.85. The van der Waals surface area contributed by atoms with E-state index >= 15 is 0 Å². The molecule has 1 fully saturated rings. The number of ether oxygens (including phenoxy) is 1. The molecule has 130 valence electrons. The van der Waals surface area contributed by atoms with Gasteiger partial charge in [-0.1, -0.05) is 6.07 Å². The van der Waals surface area contributed by atoms with Crippen LogP contribution in [0.5, 0.6) is 0 Å². The van der Waals surface area contributed by atoms with E-state index < -0.39 is 5.54 Å². The third-order valence-electron chi connectivity index (χ3n) is 4.22. The number of amidine groups is 1. The van der Waals surface area contributed by atoms with Crippen LogP contribution in [-0.2, 0) is 16.7 Å². The fourth-order valence-corrected chi connectivity index (χ4v) is 2.67. The summed E-state index contributed by atoms with van der Waals surface area (Å²) in [5.41, 5.74) is 7.11. The molecule has 6 nitrogen and oxygen atoms in total. The molecule has 0 spiro atoms. The maximum Gasteiger partial charge on any atom is 0.282 e. The van der Waals surface area contributed by atoms with Crippen LogP contribution in [0.25, 0.3) is 0 Å². The normalized spacial score (nSPS) is 15.7. The highest BCUT2D eigenvalue weighted by Gasteiger charge is 2.47. The summed E-state index contributed by atoms with van der Waals surface area (Å²) in [6.45, 7) is 1.80. The Morgan fingerprint density at radius 3 is 2.72 bits per heavy atom.